The Morgan fingerprint density at radius 2 is 1.40 bits per heavy atom. The average Bonchev–Trinajstić information content (AvgIpc) is 2.25. The highest BCUT2D eigenvalue weighted by Crippen LogP contribution is 2.24. The Hall–Kier alpha value is -2.78. The normalized spacial score (nSPS) is 12.2. The second kappa shape index (κ2) is 6.97. The van der Waals surface area contributed by atoms with E-state index in [1.54, 1.807) is 0 Å². The van der Waals surface area contributed by atoms with E-state index in [0.717, 1.165) is 0 Å². The molecule has 0 unspecified atom stereocenters. The minimum Gasteiger partial charge on any atom is -0.392 e. The summed E-state index contributed by atoms with van der Waals surface area (Å²) in [6.45, 7) is -2.83. The van der Waals surface area contributed by atoms with E-state index in [0.29, 0.717) is 0 Å². The van der Waals surface area contributed by atoms with Crippen LogP contribution in [0.3, 0.4) is 0 Å². The molecule has 0 spiro atoms. The monoisotopic (exact) mass is 301 g/mol. The molecule has 0 aromatic heterocycles. The highest BCUT2D eigenvalue weighted by atomic mass is 17.1. The van der Waals surface area contributed by atoms with E-state index in [1.807, 2.05) is 0 Å². The van der Waals surface area contributed by atoms with Crippen molar-refractivity contribution in [1.29, 1.82) is 0 Å². The maximum Gasteiger partial charge on any atom is 0.391 e. The van der Waals surface area contributed by atoms with Gasteiger partial charge in [0.1, 0.15) is 5.76 Å². The molecule has 15 nitrogen and oxygen atoms in total. The fourth-order valence-corrected chi connectivity index (χ4v) is 0.963. The van der Waals surface area contributed by atoms with Gasteiger partial charge in [-0.15, -0.1) is 30.3 Å². The molecular formula is C5H7N3O12. The van der Waals surface area contributed by atoms with Crippen LogP contribution in [0.5, 0.6) is 0 Å². The summed E-state index contributed by atoms with van der Waals surface area (Å²) < 4.78 is 0. The molecule has 15 heteroatoms. The summed E-state index contributed by atoms with van der Waals surface area (Å²) in [5, 5.41) is 52.4. The smallest absolute Gasteiger partial charge is 0.391 e. The lowest BCUT2D eigenvalue weighted by Crippen LogP contribution is -2.44. The second-order valence-corrected chi connectivity index (χ2v) is 2.74. The van der Waals surface area contributed by atoms with Crippen molar-refractivity contribution in [1.82, 2.24) is 0 Å². The third-order valence-corrected chi connectivity index (χ3v) is 1.60. The van der Waals surface area contributed by atoms with Gasteiger partial charge in [-0.3, -0.25) is 4.84 Å². The summed E-state index contributed by atoms with van der Waals surface area (Å²) in [6.07, 6.45) is 0. The third-order valence-electron chi connectivity index (χ3n) is 1.60. The molecule has 0 bridgehead atoms. The Morgan fingerprint density at radius 3 is 1.65 bits per heavy atom. The van der Waals surface area contributed by atoms with Crippen LogP contribution < -0.4 is 0 Å². The Labute approximate surface area is 107 Å². The van der Waals surface area contributed by atoms with Crippen molar-refractivity contribution in [3.05, 3.63) is 41.7 Å². The van der Waals surface area contributed by atoms with Gasteiger partial charge in [0.25, 0.3) is 15.3 Å². The molecule has 0 radical (unpaired) electrons. The molecule has 0 saturated carbocycles. The van der Waals surface area contributed by atoms with Crippen LogP contribution in [-0.4, -0.2) is 49.8 Å². The van der Waals surface area contributed by atoms with Crippen LogP contribution in [-0.2, 0) is 14.5 Å². The summed E-state index contributed by atoms with van der Waals surface area (Å²) in [7, 11) is 0. The summed E-state index contributed by atoms with van der Waals surface area (Å²) in [5.41, 5.74) is -1.36. The first kappa shape index (κ1) is 17.2. The molecule has 0 amide bonds. The van der Waals surface area contributed by atoms with Crippen molar-refractivity contribution in [3.8, 4) is 0 Å². The predicted octanol–water partition coefficient (Wildman–Crippen LogP) is -2.50. The van der Waals surface area contributed by atoms with Crippen molar-refractivity contribution in [2.75, 3.05) is 13.2 Å². The maximum absolute atomic E-state index is 10.1. The Balaban J connectivity index is 5.77. The lowest BCUT2D eigenvalue weighted by molar-refractivity contribution is -0.888. The van der Waals surface area contributed by atoms with Gasteiger partial charge in [-0.2, -0.15) is 0 Å². The molecule has 114 valence electrons. The van der Waals surface area contributed by atoms with Crippen molar-refractivity contribution >= 4 is 0 Å². The number of aliphatic hydroxyl groups excluding tert-OH is 2. The molecule has 3 N–H and O–H groups in total. The molecule has 20 heavy (non-hydrogen) atoms. The maximum atomic E-state index is 10.1. The SMILES string of the molecule is O=[N+]([O-])O/C(CO)=C(\CO)C(O)(O[N+](=O)[O-])O[N+](=O)[O-]. The van der Waals surface area contributed by atoms with Crippen molar-refractivity contribution in [2.24, 2.45) is 0 Å². The van der Waals surface area contributed by atoms with Gasteiger partial charge in [0.05, 0.1) is 18.8 Å². The Morgan fingerprint density at radius 1 is 0.950 bits per heavy atom. The number of hydrogen-bond acceptors (Lipinski definition) is 12. The van der Waals surface area contributed by atoms with Crippen molar-refractivity contribution < 1.29 is 45.1 Å². The van der Waals surface area contributed by atoms with Crippen LogP contribution in [0.1, 0.15) is 0 Å². The van der Waals surface area contributed by atoms with Gasteiger partial charge in [-0.25, -0.2) is 9.68 Å². The van der Waals surface area contributed by atoms with E-state index >= 15 is 0 Å². The Kier molecular flexibility index (Phi) is 6.00. The summed E-state index contributed by atoms with van der Waals surface area (Å²) in [5.74, 6) is -5.10. The lowest BCUT2D eigenvalue weighted by atomic mass is 10.2. The van der Waals surface area contributed by atoms with E-state index in [1.165, 1.54) is 0 Å². The predicted molar refractivity (Wildman–Crippen MR) is 50.4 cm³/mol. The first-order valence-corrected chi connectivity index (χ1v) is 4.32. The molecule has 0 aromatic carbocycles. The van der Waals surface area contributed by atoms with Crippen LogP contribution in [0.15, 0.2) is 11.3 Å². The van der Waals surface area contributed by atoms with Crippen LogP contribution in [0, 0.1) is 30.3 Å². The first-order chi connectivity index (χ1) is 9.16. The quantitative estimate of drug-likeness (QED) is 0.174. The number of hydrogen-bond donors (Lipinski definition) is 3. The highest BCUT2D eigenvalue weighted by molar-refractivity contribution is 5.14. The molecule has 0 fully saturated rings. The lowest BCUT2D eigenvalue weighted by Gasteiger charge is -2.25. The van der Waals surface area contributed by atoms with E-state index in [9.17, 15) is 35.4 Å². The number of rotatable bonds is 9. The largest absolute Gasteiger partial charge is 0.392 e. The molecule has 0 aliphatic heterocycles. The van der Waals surface area contributed by atoms with Crippen LogP contribution >= 0.6 is 0 Å². The standard InChI is InChI=1S/C5H7N3O12/c9-1-3(4(2-10)18-6(12)13)5(11,19-7(14)15)20-8(16)17/h9-11H,1-2H2/b4-3+. The van der Waals surface area contributed by atoms with Gasteiger partial charge in [0.2, 0.25) is 0 Å². The molecule has 0 aromatic rings. The fraction of sp³-hybridized carbons (Fsp3) is 0.600. The third kappa shape index (κ3) is 4.84. The number of aliphatic hydroxyl groups is 3. The molecule has 0 heterocycles. The topological polar surface area (TPSA) is 218 Å². The Bertz CT molecular complexity index is 415. The van der Waals surface area contributed by atoms with Gasteiger partial charge < -0.3 is 15.3 Å². The highest BCUT2D eigenvalue weighted by Gasteiger charge is 2.43. The van der Waals surface area contributed by atoms with E-state index in [4.69, 9.17) is 10.2 Å². The molecule has 0 aliphatic carbocycles. The van der Waals surface area contributed by atoms with Gasteiger partial charge in [-0.05, 0) is 0 Å². The van der Waals surface area contributed by atoms with Gasteiger partial charge in [0.15, 0.2) is 0 Å². The zero-order chi connectivity index (χ0) is 15.9. The molecule has 0 rings (SSSR count). The van der Waals surface area contributed by atoms with E-state index < -0.39 is 45.8 Å². The molecule has 0 aliphatic rings. The van der Waals surface area contributed by atoms with Crippen molar-refractivity contribution in [2.45, 2.75) is 5.97 Å². The molecular weight excluding hydrogens is 294 g/mol. The summed E-state index contributed by atoms with van der Waals surface area (Å²) in [4.78, 5) is 40.9. The van der Waals surface area contributed by atoms with Crippen LogP contribution in [0.2, 0.25) is 0 Å². The summed E-state index contributed by atoms with van der Waals surface area (Å²) in [6, 6.07) is 0. The second-order valence-electron chi connectivity index (χ2n) is 2.74. The zero-order valence-corrected chi connectivity index (χ0v) is 9.27. The number of nitrogens with zero attached hydrogens (tertiary/aromatic N) is 3. The molecule has 0 atom stereocenters. The van der Waals surface area contributed by atoms with E-state index in [-0.39, 0.29) is 0 Å². The van der Waals surface area contributed by atoms with Crippen LogP contribution in [0.4, 0.5) is 0 Å². The van der Waals surface area contributed by atoms with Crippen LogP contribution in [0.25, 0.3) is 0 Å². The zero-order valence-electron chi connectivity index (χ0n) is 9.27. The summed E-state index contributed by atoms with van der Waals surface area (Å²) >= 11 is 0. The van der Waals surface area contributed by atoms with Gasteiger partial charge in [0, 0.05) is 0 Å². The minimum absolute atomic E-state index is 1.26. The average molecular weight is 301 g/mol. The minimum atomic E-state index is -3.84. The molecule has 0 saturated heterocycles. The fourth-order valence-electron chi connectivity index (χ4n) is 0.963. The van der Waals surface area contributed by atoms with Gasteiger partial charge >= 0.3 is 5.97 Å². The van der Waals surface area contributed by atoms with Gasteiger partial charge in [-0.1, -0.05) is 0 Å². The van der Waals surface area contributed by atoms with E-state index in [2.05, 4.69) is 14.5 Å². The van der Waals surface area contributed by atoms with Crippen molar-refractivity contribution in [3.63, 3.8) is 0 Å². The first-order valence-electron chi connectivity index (χ1n) is 4.32.